The van der Waals surface area contributed by atoms with Crippen molar-refractivity contribution in [1.29, 1.82) is 0 Å². The smallest absolute Gasteiger partial charge is 0.298 e. The minimum Gasteiger partial charge on any atom is -0.298 e. The molecule has 12 heteroatoms. The van der Waals surface area contributed by atoms with E-state index in [2.05, 4.69) is 25.9 Å². The molecule has 0 aliphatic carbocycles. The molecule has 0 spiro atoms. The van der Waals surface area contributed by atoms with E-state index >= 15 is 0 Å². The van der Waals surface area contributed by atoms with Gasteiger partial charge in [-0.1, -0.05) is 45.5 Å². The van der Waals surface area contributed by atoms with E-state index in [4.69, 9.17) is 0 Å². The highest BCUT2D eigenvalue weighted by atomic mass is 32.1. The second-order valence-corrected chi connectivity index (χ2v) is 9.97. The number of amides is 2. The van der Waals surface area contributed by atoms with Gasteiger partial charge in [-0.15, -0.1) is 0 Å². The van der Waals surface area contributed by atoms with Gasteiger partial charge in [0.1, 0.15) is 5.01 Å². The van der Waals surface area contributed by atoms with Crippen molar-refractivity contribution in [3.63, 3.8) is 0 Å². The van der Waals surface area contributed by atoms with Crippen LogP contribution in [0.5, 0.6) is 0 Å². The van der Waals surface area contributed by atoms with Crippen LogP contribution in [0.15, 0.2) is 47.7 Å². The van der Waals surface area contributed by atoms with Crippen LogP contribution in [0.25, 0.3) is 0 Å². The lowest BCUT2D eigenvalue weighted by molar-refractivity contribution is -0.137. The number of halogens is 3. The molecule has 0 saturated heterocycles. The number of anilines is 1. The van der Waals surface area contributed by atoms with E-state index in [0.717, 1.165) is 30.0 Å². The fourth-order valence-electron chi connectivity index (χ4n) is 3.00. The predicted octanol–water partition coefficient (Wildman–Crippen LogP) is 4.95. The van der Waals surface area contributed by atoms with E-state index in [0.29, 0.717) is 17.4 Å². The second kappa shape index (κ2) is 11.0. The number of carbonyl (C=O) groups is 2. The second-order valence-electron chi connectivity index (χ2n) is 9.01. The molecule has 0 fully saturated rings. The maximum atomic E-state index is 13.4. The summed E-state index contributed by atoms with van der Waals surface area (Å²) in [5.41, 5.74) is 3.46. The summed E-state index contributed by atoms with van der Waals surface area (Å²) < 4.78 is 41.8. The van der Waals surface area contributed by atoms with Crippen molar-refractivity contribution >= 4 is 28.8 Å². The maximum absolute atomic E-state index is 13.4. The van der Waals surface area contributed by atoms with E-state index < -0.39 is 23.6 Å². The van der Waals surface area contributed by atoms with Crippen molar-refractivity contribution in [1.82, 2.24) is 20.2 Å². The Morgan fingerprint density at radius 2 is 1.92 bits per heavy atom. The fourth-order valence-corrected chi connectivity index (χ4v) is 3.98. The number of unbranched alkanes of at least 4 members (excludes halogenated alkanes) is 1. The van der Waals surface area contributed by atoms with Crippen molar-refractivity contribution in [2.24, 2.45) is 4.99 Å². The minimum absolute atomic E-state index is 0.0327. The zero-order chi connectivity index (χ0) is 26.5. The summed E-state index contributed by atoms with van der Waals surface area (Å²) in [4.78, 5) is 33.8. The SMILES string of the molecule is CCCCn1nc(C(C)(C)C)sc1=NC(=O)c1cc(C(F)(F)F)ccc1NNC(=O)c1cccnc1. The largest absolute Gasteiger partial charge is 0.416 e. The molecule has 0 unspecified atom stereocenters. The van der Waals surface area contributed by atoms with Gasteiger partial charge in [-0.2, -0.15) is 23.3 Å². The number of hydrazine groups is 1. The number of rotatable bonds is 7. The minimum atomic E-state index is -4.67. The quantitative estimate of drug-likeness (QED) is 0.429. The zero-order valence-electron chi connectivity index (χ0n) is 20.3. The van der Waals surface area contributed by atoms with Gasteiger partial charge in [0.05, 0.1) is 22.4 Å². The first-order valence-electron chi connectivity index (χ1n) is 11.2. The van der Waals surface area contributed by atoms with Gasteiger partial charge in [-0.05, 0) is 36.8 Å². The topological polar surface area (TPSA) is 101 Å². The number of pyridine rings is 1. The Morgan fingerprint density at radius 3 is 2.53 bits per heavy atom. The standard InChI is InChI=1S/C24H27F3N6O2S/c1-5-6-12-33-22(36-21(32-33)23(2,3)4)29-20(35)17-13-16(24(25,26)27)9-10-18(17)30-31-19(34)15-8-7-11-28-14-15/h7-11,13-14,30H,5-6,12H2,1-4H3,(H,31,34). The van der Waals surface area contributed by atoms with E-state index in [-0.39, 0.29) is 22.2 Å². The molecule has 36 heavy (non-hydrogen) atoms. The summed E-state index contributed by atoms with van der Waals surface area (Å²) in [7, 11) is 0. The molecule has 0 atom stereocenters. The van der Waals surface area contributed by atoms with Gasteiger partial charge in [-0.25, -0.2) is 4.68 Å². The summed E-state index contributed by atoms with van der Waals surface area (Å²) in [6.45, 7) is 8.45. The Hall–Kier alpha value is -3.54. The van der Waals surface area contributed by atoms with Crippen LogP contribution < -0.4 is 15.7 Å². The Balaban J connectivity index is 2.01. The summed E-state index contributed by atoms with van der Waals surface area (Å²) in [6, 6.07) is 5.69. The fraction of sp³-hybridized carbons (Fsp3) is 0.375. The lowest BCUT2D eigenvalue weighted by Crippen LogP contribution is -2.30. The lowest BCUT2D eigenvalue weighted by atomic mass is 9.98. The molecule has 2 aromatic heterocycles. The third kappa shape index (κ3) is 6.78. The van der Waals surface area contributed by atoms with Crippen LogP contribution in [0.1, 0.15) is 71.8 Å². The first kappa shape index (κ1) is 27.1. The van der Waals surface area contributed by atoms with E-state index in [1.54, 1.807) is 10.7 Å². The van der Waals surface area contributed by atoms with Crippen LogP contribution in [-0.4, -0.2) is 26.6 Å². The molecule has 2 heterocycles. The van der Waals surface area contributed by atoms with Gasteiger partial charge < -0.3 is 0 Å². The van der Waals surface area contributed by atoms with E-state index in [1.165, 1.54) is 29.8 Å². The van der Waals surface area contributed by atoms with Crippen LogP contribution >= 0.6 is 11.3 Å². The first-order valence-corrected chi connectivity index (χ1v) is 12.1. The number of hydrogen-bond donors (Lipinski definition) is 2. The molecule has 0 saturated carbocycles. The van der Waals surface area contributed by atoms with Crippen molar-refractivity contribution in [3.05, 3.63) is 69.2 Å². The normalized spacial score (nSPS) is 12.5. The van der Waals surface area contributed by atoms with Gasteiger partial charge in [0.15, 0.2) is 0 Å². The summed E-state index contributed by atoms with van der Waals surface area (Å²) in [6.07, 6.45) is -0.156. The van der Waals surface area contributed by atoms with Crippen molar-refractivity contribution < 1.29 is 22.8 Å². The van der Waals surface area contributed by atoms with E-state index in [1.807, 2.05) is 27.7 Å². The summed E-state index contributed by atoms with van der Waals surface area (Å²) in [5, 5.41) is 5.32. The monoisotopic (exact) mass is 520 g/mol. The van der Waals surface area contributed by atoms with Crippen molar-refractivity contribution in [2.75, 3.05) is 5.43 Å². The Bertz CT molecular complexity index is 1290. The summed E-state index contributed by atoms with van der Waals surface area (Å²) >= 11 is 1.22. The molecule has 0 radical (unpaired) electrons. The van der Waals surface area contributed by atoms with Gasteiger partial charge in [0, 0.05) is 24.4 Å². The molecular weight excluding hydrogens is 493 g/mol. The van der Waals surface area contributed by atoms with Crippen molar-refractivity contribution in [3.8, 4) is 0 Å². The molecule has 3 aromatic rings. The molecule has 0 aliphatic rings. The number of carbonyl (C=O) groups excluding carboxylic acids is 2. The molecular formula is C24H27F3N6O2S. The van der Waals surface area contributed by atoms with Crippen LogP contribution in [-0.2, 0) is 18.1 Å². The van der Waals surface area contributed by atoms with Gasteiger partial charge >= 0.3 is 6.18 Å². The van der Waals surface area contributed by atoms with Gasteiger partial charge in [0.2, 0.25) is 4.80 Å². The average molecular weight is 521 g/mol. The zero-order valence-corrected chi connectivity index (χ0v) is 21.1. The van der Waals surface area contributed by atoms with Crippen LogP contribution in [0.2, 0.25) is 0 Å². The van der Waals surface area contributed by atoms with Gasteiger partial charge in [-0.3, -0.25) is 25.4 Å². The summed E-state index contributed by atoms with van der Waals surface area (Å²) in [5.74, 6) is -1.47. The third-order valence-electron chi connectivity index (χ3n) is 4.99. The first-order chi connectivity index (χ1) is 16.9. The lowest BCUT2D eigenvalue weighted by Gasteiger charge is -2.14. The van der Waals surface area contributed by atoms with E-state index in [9.17, 15) is 22.8 Å². The molecule has 2 N–H and O–H groups in total. The number of aromatic nitrogens is 3. The Morgan fingerprint density at radius 1 is 1.17 bits per heavy atom. The van der Waals surface area contributed by atoms with Gasteiger partial charge in [0.25, 0.3) is 11.8 Å². The third-order valence-corrected chi connectivity index (χ3v) is 6.37. The number of nitrogens with zero attached hydrogens (tertiary/aromatic N) is 4. The number of hydrogen-bond acceptors (Lipinski definition) is 6. The highest BCUT2D eigenvalue weighted by Crippen LogP contribution is 2.32. The highest BCUT2D eigenvalue weighted by molar-refractivity contribution is 7.09. The highest BCUT2D eigenvalue weighted by Gasteiger charge is 2.32. The Labute approximate surface area is 210 Å². The Kier molecular flexibility index (Phi) is 8.28. The number of nitrogens with one attached hydrogen (secondary N) is 2. The average Bonchev–Trinajstić information content (AvgIpc) is 3.24. The van der Waals surface area contributed by atoms with Crippen molar-refractivity contribution in [2.45, 2.75) is 58.7 Å². The molecule has 3 rings (SSSR count). The van der Waals surface area contributed by atoms with Crippen LogP contribution in [0.4, 0.5) is 18.9 Å². The molecule has 0 bridgehead atoms. The number of aryl methyl sites for hydroxylation is 1. The number of benzene rings is 1. The molecule has 2 amide bonds. The molecule has 0 aliphatic heterocycles. The van der Waals surface area contributed by atoms with Crippen LogP contribution in [0.3, 0.4) is 0 Å². The molecule has 192 valence electrons. The van der Waals surface area contributed by atoms with Crippen LogP contribution in [0, 0.1) is 0 Å². The predicted molar refractivity (Wildman–Crippen MR) is 130 cm³/mol. The maximum Gasteiger partial charge on any atom is 0.416 e. The number of alkyl halides is 3. The molecule has 1 aromatic carbocycles. The molecule has 8 nitrogen and oxygen atoms in total.